The number of benzene rings is 2. The zero-order chi connectivity index (χ0) is 21.9. The number of halogens is 2. The largest absolute Gasteiger partial charge is 0.494 e. The monoisotopic (exact) mass is 452 g/mol. The van der Waals surface area contributed by atoms with E-state index in [9.17, 15) is 14.4 Å². The average molecular weight is 453 g/mol. The molecule has 0 aromatic heterocycles. The standard InChI is InChI=1S/C21H22Cl2N2O5/c1-2-29-16-9-6-14(7-10-16)24-19(26)4-3-5-21(28)30-13-20(27)25-15-8-11-17(22)18(23)12-15/h6-12H,2-5,13H2,1H3,(H,24,26)(H,25,27). The molecular formula is C21H22Cl2N2O5. The maximum atomic E-state index is 11.9. The average Bonchev–Trinajstić information content (AvgIpc) is 2.71. The van der Waals surface area contributed by atoms with Crippen molar-refractivity contribution in [2.24, 2.45) is 0 Å². The van der Waals surface area contributed by atoms with E-state index in [-0.39, 0.29) is 18.7 Å². The topological polar surface area (TPSA) is 93.7 Å². The third kappa shape index (κ3) is 8.31. The first-order valence-electron chi connectivity index (χ1n) is 9.30. The molecule has 30 heavy (non-hydrogen) atoms. The molecule has 2 aromatic carbocycles. The van der Waals surface area contributed by atoms with Gasteiger partial charge in [-0.3, -0.25) is 14.4 Å². The van der Waals surface area contributed by atoms with Crippen LogP contribution < -0.4 is 15.4 Å². The van der Waals surface area contributed by atoms with Crippen LogP contribution in [0.25, 0.3) is 0 Å². The first kappa shape index (κ1) is 23.5. The highest BCUT2D eigenvalue weighted by molar-refractivity contribution is 6.42. The molecule has 160 valence electrons. The van der Waals surface area contributed by atoms with Crippen LogP contribution in [0.2, 0.25) is 10.0 Å². The van der Waals surface area contributed by atoms with E-state index in [2.05, 4.69) is 10.6 Å². The van der Waals surface area contributed by atoms with Crippen LogP contribution in [0.4, 0.5) is 11.4 Å². The summed E-state index contributed by atoms with van der Waals surface area (Å²) in [5, 5.41) is 5.96. The van der Waals surface area contributed by atoms with Gasteiger partial charge in [-0.2, -0.15) is 0 Å². The summed E-state index contributed by atoms with van der Waals surface area (Å²) < 4.78 is 10.2. The molecule has 0 atom stereocenters. The van der Waals surface area contributed by atoms with Crippen LogP contribution in [0.5, 0.6) is 5.75 Å². The molecule has 0 saturated heterocycles. The molecule has 0 saturated carbocycles. The molecule has 7 nitrogen and oxygen atoms in total. The number of rotatable bonds is 10. The fraction of sp³-hybridized carbons (Fsp3) is 0.286. The van der Waals surface area contributed by atoms with Crippen LogP contribution in [0.1, 0.15) is 26.2 Å². The molecule has 2 amide bonds. The molecular weight excluding hydrogens is 431 g/mol. The number of carbonyl (C=O) groups is 3. The van der Waals surface area contributed by atoms with Gasteiger partial charge in [0.1, 0.15) is 5.75 Å². The van der Waals surface area contributed by atoms with Crippen LogP contribution >= 0.6 is 23.2 Å². The van der Waals surface area contributed by atoms with Crippen molar-refractivity contribution >= 4 is 52.4 Å². The van der Waals surface area contributed by atoms with E-state index in [1.165, 1.54) is 6.07 Å². The lowest BCUT2D eigenvalue weighted by atomic mass is 10.2. The normalized spacial score (nSPS) is 10.2. The molecule has 0 aliphatic rings. The smallest absolute Gasteiger partial charge is 0.306 e. The summed E-state index contributed by atoms with van der Waals surface area (Å²) in [6, 6.07) is 11.6. The van der Waals surface area contributed by atoms with Gasteiger partial charge in [0.25, 0.3) is 5.91 Å². The Balaban J connectivity index is 1.63. The van der Waals surface area contributed by atoms with Gasteiger partial charge >= 0.3 is 5.97 Å². The van der Waals surface area contributed by atoms with Gasteiger partial charge in [0.15, 0.2) is 6.61 Å². The third-order valence-corrected chi connectivity index (χ3v) is 4.54. The van der Waals surface area contributed by atoms with Crippen molar-refractivity contribution in [1.29, 1.82) is 0 Å². The predicted molar refractivity (Wildman–Crippen MR) is 116 cm³/mol. The summed E-state index contributed by atoms with van der Waals surface area (Å²) in [6.07, 6.45) is 0.477. The van der Waals surface area contributed by atoms with Crippen molar-refractivity contribution in [3.63, 3.8) is 0 Å². The van der Waals surface area contributed by atoms with Crippen LogP contribution in [-0.2, 0) is 19.1 Å². The third-order valence-electron chi connectivity index (χ3n) is 3.80. The van der Waals surface area contributed by atoms with E-state index in [1.54, 1.807) is 36.4 Å². The zero-order valence-electron chi connectivity index (χ0n) is 16.4. The zero-order valence-corrected chi connectivity index (χ0v) is 17.9. The lowest BCUT2D eigenvalue weighted by Crippen LogP contribution is -2.21. The molecule has 0 radical (unpaired) electrons. The van der Waals surface area contributed by atoms with Gasteiger partial charge in [-0.05, 0) is 55.8 Å². The Morgan fingerprint density at radius 2 is 1.53 bits per heavy atom. The van der Waals surface area contributed by atoms with Gasteiger partial charge in [0.2, 0.25) is 5.91 Å². The molecule has 0 aliphatic carbocycles. The number of carbonyl (C=O) groups excluding carboxylic acids is 3. The van der Waals surface area contributed by atoms with Crippen molar-refractivity contribution in [3.05, 3.63) is 52.5 Å². The molecule has 0 unspecified atom stereocenters. The molecule has 0 heterocycles. The SMILES string of the molecule is CCOc1ccc(NC(=O)CCCC(=O)OCC(=O)Nc2ccc(Cl)c(Cl)c2)cc1. The Kier molecular flexibility index (Phi) is 9.44. The molecule has 2 rings (SSSR count). The molecule has 0 aliphatic heterocycles. The first-order chi connectivity index (χ1) is 14.4. The summed E-state index contributed by atoms with van der Waals surface area (Å²) in [7, 11) is 0. The number of amides is 2. The van der Waals surface area contributed by atoms with Crippen molar-refractivity contribution in [3.8, 4) is 5.75 Å². The second kappa shape index (κ2) is 12.0. The highest BCUT2D eigenvalue weighted by Gasteiger charge is 2.10. The van der Waals surface area contributed by atoms with Gasteiger partial charge < -0.3 is 20.1 Å². The maximum absolute atomic E-state index is 11.9. The molecule has 0 bridgehead atoms. The number of hydrogen-bond donors (Lipinski definition) is 2. The summed E-state index contributed by atoms with van der Waals surface area (Å²) in [4.78, 5) is 35.5. The fourth-order valence-electron chi connectivity index (χ4n) is 2.41. The maximum Gasteiger partial charge on any atom is 0.306 e. The lowest BCUT2D eigenvalue weighted by Gasteiger charge is -2.08. The Hall–Kier alpha value is -2.77. The Labute approximate surface area is 184 Å². The minimum absolute atomic E-state index is 0.0246. The molecule has 2 N–H and O–H groups in total. The molecule has 2 aromatic rings. The highest BCUT2D eigenvalue weighted by atomic mass is 35.5. The lowest BCUT2D eigenvalue weighted by molar-refractivity contribution is -0.147. The second-order valence-corrected chi connectivity index (χ2v) is 7.01. The molecule has 0 fully saturated rings. The highest BCUT2D eigenvalue weighted by Crippen LogP contribution is 2.24. The molecule has 0 spiro atoms. The van der Waals surface area contributed by atoms with E-state index in [0.717, 1.165) is 5.75 Å². The number of anilines is 2. The van der Waals surface area contributed by atoms with Crippen LogP contribution in [0, 0.1) is 0 Å². The summed E-state index contributed by atoms with van der Waals surface area (Å²) in [5.41, 5.74) is 1.08. The number of ether oxygens (including phenoxy) is 2. The van der Waals surface area contributed by atoms with E-state index in [0.29, 0.717) is 34.4 Å². The van der Waals surface area contributed by atoms with Crippen LogP contribution in [-0.4, -0.2) is 31.0 Å². The van der Waals surface area contributed by atoms with Gasteiger partial charge in [0.05, 0.1) is 16.7 Å². The minimum atomic E-state index is -0.562. The Morgan fingerprint density at radius 1 is 0.867 bits per heavy atom. The van der Waals surface area contributed by atoms with E-state index < -0.39 is 18.5 Å². The number of esters is 1. The van der Waals surface area contributed by atoms with Gasteiger partial charge in [-0.15, -0.1) is 0 Å². The fourth-order valence-corrected chi connectivity index (χ4v) is 2.71. The number of hydrogen-bond acceptors (Lipinski definition) is 5. The first-order valence-corrected chi connectivity index (χ1v) is 10.1. The van der Waals surface area contributed by atoms with Crippen molar-refractivity contribution in [2.45, 2.75) is 26.2 Å². The molecule has 9 heteroatoms. The van der Waals surface area contributed by atoms with Crippen LogP contribution in [0.15, 0.2) is 42.5 Å². The summed E-state index contributed by atoms with van der Waals surface area (Å²) in [6.45, 7) is 2.03. The van der Waals surface area contributed by atoms with E-state index >= 15 is 0 Å². The Morgan fingerprint density at radius 3 is 2.20 bits per heavy atom. The second-order valence-electron chi connectivity index (χ2n) is 6.20. The summed E-state index contributed by atoms with van der Waals surface area (Å²) in [5.74, 6) is -0.561. The quantitative estimate of drug-likeness (QED) is 0.510. The predicted octanol–water partition coefficient (Wildman–Crippen LogP) is 4.68. The van der Waals surface area contributed by atoms with Gasteiger partial charge in [0, 0.05) is 24.2 Å². The minimum Gasteiger partial charge on any atom is -0.494 e. The van der Waals surface area contributed by atoms with Crippen LogP contribution in [0.3, 0.4) is 0 Å². The van der Waals surface area contributed by atoms with Crippen molar-refractivity contribution in [1.82, 2.24) is 0 Å². The van der Waals surface area contributed by atoms with Gasteiger partial charge in [-0.25, -0.2) is 0 Å². The van der Waals surface area contributed by atoms with Crippen molar-refractivity contribution in [2.75, 3.05) is 23.8 Å². The van der Waals surface area contributed by atoms with E-state index in [1.807, 2.05) is 6.92 Å². The Bertz CT molecular complexity index is 887. The summed E-state index contributed by atoms with van der Waals surface area (Å²) >= 11 is 11.7. The number of nitrogens with one attached hydrogen (secondary N) is 2. The van der Waals surface area contributed by atoms with Crippen molar-refractivity contribution < 1.29 is 23.9 Å². The van der Waals surface area contributed by atoms with Gasteiger partial charge in [-0.1, -0.05) is 23.2 Å². The van der Waals surface area contributed by atoms with E-state index in [4.69, 9.17) is 32.7 Å².